The van der Waals surface area contributed by atoms with Crippen LogP contribution in [0.5, 0.6) is 0 Å². The Labute approximate surface area is 124 Å². The van der Waals surface area contributed by atoms with Crippen LogP contribution in [0.1, 0.15) is 20.8 Å². The van der Waals surface area contributed by atoms with Gasteiger partial charge in [-0.05, 0) is 25.0 Å². The van der Waals surface area contributed by atoms with Crippen molar-refractivity contribution < 1.29 is 4.79 Å². The van der Waals surface area contributed by atoms with Crippen LogP contribution in [0, 0.1) is 5.92 Å². The molecule has 0 fully saturated rings. The maximum Gasteiger partial charge on any atom is 0.230 e. The van der Waals surface area contributed by atoms with Gasteiger partial charge in [-0.3, -0.25) is 4.79 Å². The largest absolute Gasteiger partial charge is 0.349 e. The van der Waals surface area contributed by atoms with Crippen molar-refractivity contribution in [3.8, 4) is 0 Å². The normalized spacial score (nSPS) is 14.2. The van der Waals surface area contributed by atoms with Gasteiger partial charge < -0.3 is 11.1 Å². The molecular formula is C14H21ClN2OS. The second-order valence-corrected chi connectivity index (χ2v) is 6.47. The van der Waals surface area contributed by atoms with Gasteiger partial charge in [-0.25, -0.2) is 0 Å². The Balaban J connectivity index is 2.55. The molecule has 0 aliphatic heterocycles. The summed E-state index contributed by atoms with van der Waals surface area (Å²) in [7, 11) is 0. The second-order valence-electron chi connectivity index (χ2n) is 5.04. The van der Waals surface area contributed by atoms with Crippen molar-refractivity contribution in [2.75, 3.05) is 12.3 Å². The zero-order chi connectivity index (χ0) is 14.5. The van der Waals surface area contributed by atoms with Crippen LogP contribution in [-0.2, 0) is 4.79 Å². The summed E-state index contributed by atoms with van der Waals surface area (Å²) in [6.07, 6.45) is 0. The van der Waals surface area contributed by atoms with Crippen molar-refractivity contribution in [3.63, 3.8) is 0 Å². The standard InChI is InChI=1S/C14H21ClN2OS/c1-10(2)14(3,9-16)17-13(18)8-19-12-7-5-4-6-11(12)15/h4-7,10H,8-9,16H2,1-3H3,(H,17,18). The minimum absolute atomic E-state index is 0.0217. The van der Waals surface area contributed by atoms with Crippen LogP contribution >= 0.6 is 23.4 Å². The van der Waals surface area contributed by atoms with Crippen LogP contribution in [0.2, 0.25) is 5.02 Å². The van der Waals surface area contributed by atoms with E-state index < -0.39 is 0 Å². The Kier molecular flexibility index (Phi) is 6.17. The van der Waals surface area contributed by atoms with Gasteiger partial charge >= 0.3 is 0 Å². The van der Waals surface area contributed by atoms with Crippen molar-refractivity contribution in [1.82, 2.24) is 5.32 Å². The molecule has 0 saturated carbocycles. The number of hydrogen-bond donors (Lipinski definition) is 2. The van der Waals surface area contributed by atoms with Gasteiger partial charge in [0.2, 0.25) is 5.91 Å². The number of thioether (sulfide) groups is 1. The summed E-state index contributed by atoms with van der Waals surface area (Å²) in [4.78, 5) is 12.9. The van der Waals surface area contributed by atoms with Crippen molar-refractivity contribution in [1.29, 1.82) is 0 Å². The molecule has 0 aromatic heterocycles. The lowest BCUT2D eigenvalue weighted by Crippen LogP contribution is -2.55. The van der Waals surface area contributed by atoms with Crippen molar-refractivity contribution >= 4 is 29.3 Å². The van der Waals surface area contributed by atoms with Gasteiger partial charge in [0.25, 0.3) is 0 Å². The predicted molar refractivity (Wildman–Crippen MR) is 82.6 cm³/mol. The van der Waals surface area contributed by atoms with E-state index in [0.717, 1.165) is 4.90 Å². The maximum absolute atomic E-state index is 12.0. The van der Waals surface area contributed by atoms with E-state index in [-0.39, 0.29) is 17.4 Å². The Morgan fingerprint density at radius 1 is 1.47 bits per heavy atom. The summed E-state index contributed by atoms with van der Waals surface area (Å²) >= 11 is 7.48. The molecule has 0 heterocycles. The van der Waals surface area contributed by atoms with E-state index in [1.54, 1.807) is 0 Å². The molecule has 0 aliphatic rings. The number of nitrogens with one attached hydrogen (secondary N) is 1. The number of carbonyl (C=O) groups excluding carboxylic acids is 1. The van der Waals surface area contributed by atoms with Crippen molar-refractivity contribution in [2.45, 2.75) is 31.2 Å². The predicted octanol–water partition coefficient (Wildman–Crippen LogP) is 2.92. The lowest BCUT2D eigenvalue weighted by atomic mass is 9.88. The summed E-state index contributed by atoms with van der Waals surface area (Å²) in [5.41, 5.74) is 5.38. The molecular weight excluding hydrogens is 280 g/mol. The Bertz CT molecular complexity index is 439. The molecule has 5 heteroatoms. The number of hydrogen-bond acceptors (Lipinski definition) is 3. The SMILES string of the molecule is CC(C)C(C)(CN)NC(=O)CSc1ccccc1Cl. The summed E-state index contributed by atoms with van der Waals surface area (Å²) in [6.45, 7) is 6.49. The minimum atomic E-state index is -0.363. The average molecular weight is 301 g/mol. The molecule has 1 aromatic rings. The first-order chi connectivity index (χ1) is 8.89. The van der Waals surface area contributed by atoms with Gasteiger partial charge in [0.15, 0.2) is 0 Å². The summed E-state index contributed by atoms with van der Waals surface area (Å²) in [6, 6.07) is 7.51. The smallest absolute Gasteiger partial charge is 0.230 e. The van der Waals surface area contributed by atoms with Gasteiger partial charge in [-0.2, -0.15) is 0 Å². The molecule has 1 rings (SSSR count). The lowest BCUT2D eigenvalue weighted by Gasteiger charge is -2.33. The maximum atomic E-state index is 12.0. The van der Waals surface area contributed by atoms with E-state index in [0.29, 0.717) is 17.3 Å². The fraction of sp³-hybridized carbons (Fsp3) is 0.500. The second kappa shape index (κ2) is 7.17. The summed E-state index contributed by atoms with van der Waals surface area (Å²) < 4.78 is 0. The number of carbonyl (C=O) groups is 1. The van der Waals surface area contributed by atoms with E-state index in [4.69, 9.17) is 17.3 Å². The van der Waals surface area contributed by atoms with Crippen molar-refractivity contribution in [2.24, 2.45) is 11.7 Å². The van der Waals surface area contributed by atoms with Crippen LogP contribution in [0.15, 0.2) is 29.2 Å². The highest BCUT2D eigenvalue weighted by atomic mass is 35.5. The van der Waals surface area contributed by atoms with E-state index in [1.165, 1.54) is 11.8 Å². The highest BCUT2D eigenvalue weighted by molar-refractivity contribution is 8.00. The Morgan fingerprint density at radius 3 is 2.63 bits per heavy atom. The monoisotopic (exact) mass is 300 g/mol. The number of rotatable bonds is 6. The molecule has 1 unspecified atom stereocenters. The van der Waals surface area contributed by atoms with Crippen molar-refractivity contribution in [3.05, 3.63) is 29.3 Å². The fourth-order valence-corrected chi connectivity index (χ4v) is 2.53. The third kappa shape index (κ3) is 4.71. The zero-order valence-corrected chi connectivity index (χ0v) is 13.1. The van der Waals surface area contributed by atoms with Crippen LogP contribution in [0.4, 0.5) is 0 Å². The Hall–Kier alpha value is -0.710. The van der Waals surface area contributed by atoms with Crippen LogP contribution in [-0.4, -0.2) is 23.7 Å². The molecule has 19 heavy (non-hydrogen) atoms. The fourth-order valence-electron chi connectivity index (χ4n) is 1.49. The molecule has 0 bridgehead atoms. The molecule has 3 N–H and O–H groups in total. The lowest BCUT2D eigenvalue weighted by molar-refractivity contribution is -0.120. The van der Waals surface area contributed by atoms with Crippen LogP contribution < -0.4 is 11.1 Å². The molecule has 1 amide bonds. The highest BCUT2D eigenvalue weighted by Crippen LogP contribution is 2.26. The van der Waals surface area contributed by atoms with Gasteiger partial charge in [0.05, 0.1) is 16.3 Å². The summed E-state index contributed by atoms with van der Waals surface area (Å²) in [5, 5.41) is 3.68. The Morgan fingerprint density at radius 2 is 2.11 bits per heavy atom. The highest BCUT2D eigenvalue weighted by Gasteiger charge is 2.28. The third-order valence-corrected chi connectivity index (χ3v) is 4.83. The molecule has 0 spiro atoms. The third-order valence-electron chi connectivity index (χ3n) is 3.32. The van der Waals surface area contributed by atoms with E-state index in [9.17, 15) is 4.79 Å². The first-order valence-corrected chi connectivity index (χ1v) is 7.64. The number of halogens is 1. The first kappa shape index (κ1) is 16.3. The molecule has 1 atom stereocenters. The van der Waals surface area contributed by atoms with Gasteiger partial charge in [0, 0.05) is 11.4 Å². The van der Waals surface area contributed by atoms with Gasteiger partial charge in [-0.1, -0.05) is 37.6 Å². The molecule has 1 aromatic carbocycles. The number of amides is 1. The van der Waals surface area contributed by atoms with Crippen LogP contribution in [0.25, 0.3) is 0 Å². The molecule has 0 radical (unpaired) electrons. The molecule has 106 valence electrons. The molecule has 0 saturated heterocycles. The summed E-state index contributed by atoms with van der Waals surface area (Å²) in [5.74, 6) is 0.602. The molecule has 3 nitrogen and oxygen atoms in total. The zero-order valence-electron chi connectivity index (χ0n) is 11.6. The van der Waals surface area contributed by atoms with Crippen LogP contribution in [0.3, 0.4) is 0 Å². The first-order valence-electron chi connectivity index (χ1n) is 6.27. The van der Waals surface area contributed by atoms with Gasteiger partial charge in [0.1, 0.15) is 0 Å². The number of benzene rings is 1. The van der Waals surface area contributed by atoms with E-state index in [1.807, 2.05) is 45.0 Å². The van der Waals surface area contributed by atoms with E-state index >= 15 is 0 Å². The average Bonchev–Trinajstić information content (AvgIpc) is 2.37. The topological polar surface area (TPSA) is 55.1 Å². The van der Waals surface area contributed by atoms with E-state index in [2.05, 4.69) is 5.32 Å². The van der Waals surface area contributed by atoms with Gasteiger partial charge in [-0.15, -0.1) is 11.8 Å². The number of nitrogens with two attached hydrogens (primary N) is 1. The quantitative estimate of drug-likeness (QED) is 0.794. The molecule has 0 aliphatic carbocycles. The minimum Gasteiger partial charge on any atom is -0.349 e.